The summed E-state index contributed by atoms with van der Waals surface area (Å²) in [7, 11) is 0. The van der Waals surface area contributed by atoms with Crippen molar-refractivity contribution in [2.24, 2.45) is 0 Å². The minimum absolute atomic E-state index is 0.548. The van der Waals surface area contributed by atoms with Crippen LogP contribution < -0.4 is 5.32 Å². The predicted molar refractivity (Wildman–Crippen MR) is 55.1 cm³/mol. The Kier molecular flexibility index (Phi) is 8.27. The molecule has 0 spiro atoms. The Balaban J connectivity index is 3.42. The molecule has 70 valence electrons. The molecule has 0 bridgehead atoms. The maximum absolute atomic E-state index is 5.27. The second-order valence-electron chi connectivity index (χ2n) is 3.16. The molecule has 1 atom stereocenters. The van der Waals surface area contributed by atoms with E-state index in [0.29, 0.717) is 6.04 Å². The van der Waals surface area contributed by atoms with Crippen LogP contribution in [-0.2, 0) is 0 Å². The Morgan fingerprint density at radius 3 is 2.58 bits per heavy atom. The van der Waals surface area contributed by atoms with Crippen LogP contribution in [0.1, 0.15) is 46.0 Å². The number of hydrogen-bond donors (Lipinski definition) is 1. The average Bonchev–Trinajstić information content (AvgIpc) is 2.06. The molecular weight excluding hydrogens is 146 g/mol. The van der Waals surface area contributed by atoms with Crippen LogP contribution in [-0.4, -0.2) is 12.6 Å². The average molecular weight is 167 g/mol. The van der Waals surface area contributed by atoms with Crippen LogP contribution in [0.2, 0.25) is 0 Å². The molecule has 0 aromatic carbocycles. The molecule has 12 heavy (non-hydrogen) atoms. The third kappa shape index (κ3) is 6.24. The lowest BCUT2D eigenvalue weighted by Crippen LogP contribution is -2.28. The summed E-state index contributed by atoms with van der Waals surface area (Å²) < 4.78 is 0. The molecule has 0 saturated carbocycles. The summed E-state index contributed by atoms with van der Waals surface area (Å²) in [6, 6.07) is 0.548. The Hall–Kier alpha value is -0.480. The molecule has 0 amide bonds. The Morgan fingerprint density at radius 1 is 1.33 bits per heavy atom. The van der Waals surface area contributed by atoms with Gasteiger partial charge in [0.1, 0.15) is 0 Å². The number of hydrogen-bond acceptors (Lipinski definition) is 1. The van der Waals surface area contributed by atoms with Gasteiger partial charge in [-0.25, -0.2) is 0 Å². The van der Waals surface area contributed by atoms with Crippen molar-refractivity contribution in [1.29, 1.82) is 0 Å². The van der Waals surface area contributed by atoms with Crippen molar-refractivity contribution >= 4 is 0 Å². The van der Waals surface area contributed by atoms with Gasteiger partial charge in [-0.1, -0.05) is 33.1 Å². The van der Waals surface area contributed by atoms with Crippen LogP contribution in [0.5, 0.6) is 0 Å². The van der Waals surface area contributed by atoms with E-state index in [1.54, 1.807) is 0 Å². The van der Waals surface area contributed by atoms with E-state index in [9.17, 15) is 0 Å². The standard InChI is InChI=1S/C11H21N/c1-4-7-8-10-11(9-5-2)12-6-3/h2,11-12H,4,6-10H2,1,3H3. The minimum atomic E-state index is 0.548. The Labute approximate surface area is 76.9 Å². The van der Waals surface area contributed by atoms with E-state index in [1.807, 2.05) is 0 Å². The van der Waals surface area contributed by atoms with Crippen LogP contribution in [0.4, 0.5) is 0 Å². The van der Waals surface area contributed by atoms with Gasteiger partial charge in [0.15, 0.2) is 0 Å². The zero-order valence-electron chi connectivity index (χ0n) is 8.40. The van der Waals surface area contributed by atoms with E-state index in [4.69, 9.17) is 6.42 Å². The molecular formula is C11H21N. The summed E-state index contributed by atoms with van der Waals surface area (Å²) in [5.41, 5.74) is 0. The SMILES string of the molecule is C#CCC(CCCCC)NCC. The van der Waals surface area contributed by atoms with Crippen molar-refractivity contribution < 1.29 is 0 Å². The topological polar surface area (TPSA) is 12.0 Å². The van der Waals surface area contributed by atoms with Gasteiger partial charge in [-0.05, 0) is 13.0 Å². The highest BCUT2D eigenvalue weighted by molar-refractivity contribution is 4.89. The van der Waals surface area contributed by atoms with Crippen LogP contribution in [0.15, 0.2) is 0 Å². The molecule has 0 fully saturated rings. The summed E-state index contributed by atoms with van der Waals surface area (Å²) in [5.74, 6) is 2.72. The van der Waals surface area contributed by atoms with Crippen LogP contribution in [0.25, 0.3) is 0 Å². The van der Waals surface area contributed by atoms with E-state index < -0.39 is 0 Å². The normalized spacial score (nSPS) is 12.4. The Morgan fingerprint density at radius 2 is 2.08 bits per heavy atom. The van der Waals surface area contributed by atoms with Gasteiger partial charge in [0.2, 0.25) is 0 Å². The number of nitrogens with one attached hydrogen (secondary N) is 1. The van der Waals surface area contributed by atoms with Crippen molar-refractivity contribution in [2.75, 3.05) is 6.54 Å². The third-order valence-electron chi connectivity index (χ3n) is 2.01. The summed E-state index contributed by atoms with van der Waals surface area (Å²) in [5, 5.41) is 3.40. The zero-order valence-corrected chi connectivity index (χ0v) is 8.40. The first-order chi connectivity index (χ1) is 5.85. The van der Waals surface area contributed by atoms with Gasteiger partial charge >= 0.3 is 0 Å². The van der Waals surface area contributed by atoms with Gasteiger partial charge in [-0.15, -0.1) is 12.3 Å². The molecule has 0 heterocycles. The van der Waals surface area contributed by atoms with Gasteiger partial charge in [0.05, 0.1) is 0 Å². The molecule has 1 heteroatoms. The van der Waals surface area contributed by atoms with Crippen molar-refractivity contribution in [1.82, 2.24) is 5.32 Å². The lowest BCUT2D eigenvalue weighted by molar-refractivity contribution is 0.477. The molecule has 0 aromatic heterocycles. The molecule has 0 aromatic rings. The van der Waals surface area contributed by atoms with E-state index in [0.717, 1.165) is 13.0 Å². The first-order valence-corrected chi connectivity index (χ1v) is 5.02. The van der Waals surface area contributed by atoms with E-state index in [2.05, 4.69) is 25.1 Å². The molecule has 1 nitrogen and oxygen atoms in total. The predicted octanol–water partition coefficient (Wildman–Crippen LogP) is 2.57. The van der Waals surface area contributed by atoms with Crippen molar-refractivity contribution in [3.05, 3.63) is 0 Å². The van der Waals surface area contributed by atoms with Crippen molar-refractivity contribution in [3.63, 3.8) is 0 Å². The monoisotopic (exact) mass is 167 g/mol. The van der Waals surface area contributed by atoms with E-state index in [-0.39, 0.29) is 0 Å². The fourth-order valence-electron chi connectivity index (χ4n) is 1.35. The maximum atomic E-state index is 5.27. The van der Waals surface area contributed by atoms with Gasteiger partial charge in [0.25, 0.3) is 0 Å². The molecule has 0 aliphatic heterocycles. The summed E-state index contributed by atoms with van der Waals surface area (Å²) in [4.78, 5) is 0. The van der Waals surface area contributed by atoms with E-state index >= 15 is 0 Å². The highest BCUT2D eigenvalue weighted by atomic mass is 14.9. The maximum Gasteiger partial charge on any atom is 0.0240 e. The molecule has 0 radical (unpaired) electrons. The third-order valence-corrected chi connectivity index (χ3v) is 2.01. The number of unbranched alkanes of at least 4 members (excludes halogenated alkanes) is 2. The van der Waals surface area contributed by atoms with Crippen molar-refractivity contribution in [3.8, 4) is 12.3 Å². The zero-order chi connectivity index (χ0) is 9.23. The summed E-state index contributed by atoms with van der Waals surface area (Å²) in [6.07, 6.45) is 11.3. The minimum Gasteiger partial charge on any atom is -0.313 e. The van der Waals surface area contributed by atoms with Crippen LogP contribution in [0.3, 0.4) is 0 Å². The fraction of sp³-hybridized carbons (Fsp3) is 0.818. The van der Waals surface area contributed by atoms with Crippen LogP contribution >= 0.6 is 0 Å². The highest BCUT2D eigenvalue weighted by Gasteiger charge is 2.03. The van der Waals surface area contributed by atoms with Crippen molar-refractivity contribution in [2.45, 2.75) is 52.0 Å². The van der Waals surface area contributed by atoms with Gasteiger partial charge < -0.3 is 5.32 Å². The van der Waals surface area contributed by atoms with E-state index in [1.165, 1.54) is 25.7 Å². The smallest absolute Gasteiger partial charge is 0.0240 e. The summed E-state index contributed by atoms with van der Waals surface area (Å²) in [6.45, 7) is 5.38. The number of terminal acetylenes is 1. The molecule has 1 N–H and O–H groups in total. The Bertz CT molecular complexity index is 123. The molecule has 0 saturated heterocycles. The first-order valence-electron chi connectivity index (χ1n) is 5.02. The molecule has 0 rings (SSSR count). The molecule has 0 aliphatic rings. The van der Waals surface area contributed by atoms with Gasteiger partial charge in [0, 0.05) is 12.5 Å². The summed E-state index contributed by atoms with van der Waals surface area (Å²) >= 11 is 0. The highest BCUT2D eigenvalue weighted by Crippen LogP contribution is 2.05. The first kappa shape index (κ1) is 11.5. The second kappa shape index (κ2) is 8.62. The van der Waals surface area contributed by atoms with Gasteiger partial charge in [-0.2, -0.15) is 0 Å². The largest absolute Gasteiger partial charge is 0.313 e. The lowest BCUT2D eigenvalue weighted by atomic mass is 10.1. The number of rotatable bonds is 7. The second-order valence-corrected chi connectivity index (χ2v) is 3.16. The molecule has 0 aliphatic carbocycles. The van der Waals surface area contributed by atoms with Gasteiger partial charge in [-0.3, -0.25) is 0 Å². The quantitative estimate of drug-likeness (QED) is 0.454. The lowest BCUT2D eigenvalue weighted by Gasteiger charge is -2.14. The fourth-order valence-corrected chi connectivity index (χ4v) is 1.35. The van der Waals surface area contributed by atoms with Crippen LogP contribution in [0, 0.1) is 12.3 Å². The molecule has 1 unspecified atom stereocenters.